The summed E-state index contributed by atoms with van der Waals surface area (Å²) in [5.74, 6) is -0.317. The zero-order valence-corrected chi connectivity index (χ0v) is 19.6. The van der Waals surface area contributed by atoms with E-state index in [0.29, 0.717) is 12.1 Å². The number of carbonyl (C=O) groups excluding carboxylic acids is 1. The summed E-state index contributed by atoms with van der Waals surface area (Å²) in [5, 5.41) is 0. The zero-order valence-electron chi connectivity index (χ0n) is 18.0. The third-order valence-corrected chi connectivity index (χ3v) is 6.79. The molecule has 0 atom stereocenters. The number of methoxy groups -OCH3 is 1. The van der Waals surface area contributed by atoms with Gasteiger partial charge < -0.3 is 4.74 Å². The van der Waals surface area contributed by atoms with Gasteiger partial charge in [0.1, 0.15) is 0 Å². The third-order valence-electron chi connectivity index (χ3n) is 6.00. The minimum atomic E-state index is -2.23. The summed E-state index contributed by atoms with van der Waals surface area (Å²) in [7, 11) is 1.40. The number of hydrogen-bond donors (Lipinski definition) is 0. The number of benzene rings is 2. The Morgan fingerprint density at radius 2 is 1.91 bits per heavy atom. The van der Waals surface area contributed by atoms with Crippen molar-refractivity contribution in [1.29, 1.82) is 0 Å². The van der Waals surface area contributed by atoms with Gasteiger partial charge in [-0.15, -0.1) is 0 Å². The Labute approximate surface area is 195 Å². The van der Waals surface area contributed by atoms with Crippen molar-refractivity contribution in [3.8, 4) is 0 Å². The van der Waals surface area contributed by atoms with Crippen LogP contribution in [0.4, 0.5) is 8.78 Å². The van der Waals surface area contributed by atoms with Crippen LogP contribution in [-0.2, 0) is 11.2 Å². The smallest absolute Gasteiger partial charge is 0.337 e. The molecule has 0 radical (unpaired) electrons. The van der Waals surface area contributed by atoms with Gasteiger partial charge in [0.15, 0.2) is 0 Å². The van der Waals surface area contributed by atoms with Crippen LogP contribution in [0.3, 0.4) is 0 Å². The number of alkyl halides is 2. The second-order valence-electron chi connectivity index (χ2n) is 8.31. The predicted octanol–water partition coefficient (Wildman–Crippen LogP) is 6.32. The molecule has 0 saturated carbocycles. The van der Waals surface area contributed by atoms with Crippen LogP contribution in [0.5, 0.6) is 0 Å². The number of likely N-dealkylation sites (tertiary alicyclic amines) is 1. The molecule has 0 N–H and O–H groups in total. The fraction of sp³-hybridized carbons (Fsp3) is 0.346. The first-order valence-electron chi connectivity index (χ1n) is 10.8. The monoisotopic (exact) mass is 501 g/mol. The number of esters is 1. The molecular weight excluding hydrogens is 476 g/mol. The molecule has 1 aliphatic heterocycles. The Bertz CT molecular complexity index is 1050. The van der Waals surface area contributed by atoms with Crippen molar-refractivity contribution >= 4 is 33.5 Å². The van der Waals surface area contributed by atoms with E-state index in [1.807, 2.05) is 23.1 Å². The number of aryl methyl sites for hydroxylation is 1. The van der Waals surface area contributed by atoms with Crippen molar-refractivity contribution in [1.82, 2.24) is 4.90 Å². The Morgan fingerprint density at radius 3 is 2.59 bits per heavy atom. The van der Waals surface area contributed by atoms with Crippen LogP contribution in [0.1, 0.15) is 51.9 Å². The number of ether oxygens (including phenoxy) is 1. The van der Waals surface area contributed by atoms with E-state index < -0.39 is 6.43 Å². The summed E-state index contributed by atoms with van der Waals surface area (Å²) in [6, 6.07) is 14.2. The van der Waals surface area contributed by atoms with E-state index in [1.54, 1.807) is 0 Å². The maximum absolute atomic E-state index is 12.3. The van der Waals surface area contributed by atoms with Gasteiger partial charge in [-0.3, -0.25) is 4.90 Å². The van der Waals surface area contributed by atoms with Gasteiger partial charge in [0.2, 0.25) is 6.43 Å². The van der Waals surface area contributed by atoms with Crippen LogP contribution in [0.2, 0.25) is 0 Å². The molecule has 3 nitrogen and oxygen atoms in total. The SMILES string of the molecule is COC(=O)c1ccc2c(c1)CCCC(Br)=C2c1ccc(C=C2CN(CCC(F)F)C2)cc1. The number of rotatable bonds is 6. The van der Waals surface area contributed by atoms with E-state index >= 15 is 0 Å². The third kappa shape index (κ3) is 5.18. The van der Waals surface area contributed by atoms with E-state index in [1.165, 1.54) is 17.2 Å². The first kappa shape index (κ1) is 22.9. The summed E-state index contributed by atoms with van der Waals surface area (Å²) >= 11 is 3.80. The van der Waals surface area contributed by atoms with Gasteiger partial charge in [-0.25, -0.2) is 13.6 Å². The van der Waals surface area contributed by atoms with E-state index in [0.717, 1.165) is 60.2 Å². The van der Waals surface area contributed by atoms with Gasteiger partial charge in [-0.1, -0.05) is 52.3 Å². The molecule has 4 rings (SSSR count). The molecule has 6 heteroatoms. The number of hydrogen-bond acceptors (Lipinski definition) is 3. The Kier molecular flexibility index (Phi) is 7.21. The van der Waals surface area contributed by atoms with Gasteiger partial charge in [0.05, 0.1) is 12.7 Å². The molecule has 1 fully saturated rings. The van der Waals surface area contributed by atoms with Crippen LogP contribution < -0.4 is 0 Å². The maximum Gasteiger partial charge on any atom is 0.337 e. The molecule has 2 aliphatic rings. The predicted molar refractivity (Wildman–Crippen MR) is 127 cm³/mol. The van der Waals surface area contributed by atoms with Gasteiger partial charge in [0.25, 0.3) is 0 Å². The van der Waals surface area contributed by atoms with Crippen LogP contribution >= 0.6 is 15.9 Å². The van der Waals surface area contributed by atoms with Crippen molar-refractivity contribution < 1.29 is 18.3 Å². The second kappa shape index (κ2) is 10.1. The van der Waals surface area contributed by atoms with Crippen LogP contribution in [0.15, 0.2) is 52.5 Å². The molecule has 0 bridgehead atoms. The molecule has 168 valence electrons. The average Bonchev–Trinajstić information content (AvgIpc) is 2.92. The van der Waals surface area contributed by atoms with Gasteiger partial charge >= 0.3 is 5.97 Å². The quantitative estimate of drug-likeness (QED) is 0.433. The summed E-state index contributed by atoms with van der Waals surface area (Å²) < 4.78 is 30.7. The molecule has 0 aromatic heterocycles. The minimum Gasteiger partial charge on any atom is -0.465 e. The highest BCUT2D eigenvalue weighted by molar-refractivity contribution is 9.11. The van der Waals surface area contributed by atoms with Gasteiger partial charge in [-0.05, 0) is 64.8 Å². The van der Waals surface area contributed by atoms with Crippen molar-refractivity contribution in [2.24, 2.45) is 0 Å². The molecule has 1 heterocycles. The maximum atomic E-state index is 12.3. The lowest BCUT2D eigenvalue weighted by Gasteiger charge is -2.34. The molecule has 1 saturated heterocycles. The number of nitrogens with zero attached hydrogens (tertiary/aromatic N) is 1. The number of fused-ring (bicyclic) bond motifs is 1. The zero-order chi connectivity index (χ0) is 22.7. The molecular formula is C26H26BrF2NO2. The normalized spacial score (nSPS) is 16.5. The molecule has 0 spiro atoms. The summed E-state index contributed by atoms with van der Waals surface area (Å²) in [4.78, 5) is 14.0. The van der Waals surface area contributed by atoms with E-state index in [-0.39, 0.29) is 12.4 Å². The molecule has 2 aromatic rings. The number of carbonyl (C=O) groups is 1. The fourth-order valence-electron chi connectivity index (χ4n) is 4.35. The van der Waals surface area contributed by atoms with Crippen molar-refractivity contribution in [3.63, 3.8) is 0 Å². The molecule has 32 heavy (non-hydrogen) atoms. The number of halogens is 3. The van der Waals surface area contributed by atoms with Crippen LogP contribution in [-0.4, -0.2) is 44.0 Å². The van der Waals surface area contributed by atoms with Crippen molar-refractivity contribution in [2.45, 2.75) is 32.1 Å². The standard InChI is InChI=1S/C26H26BrF2NO2/c1-32-26(31)21-9-10-22-20(14-21)3-2-4-23(27)25(22)19-7-5-17(6-8-19)13-18-15-30(16-18)12-11-24(28)29/h5-10,13-14,24H,2-4,11-12,15-16H2,1H3. The van der Waals surface area contributed by atoms with Gasteiger partial charge in [0, 0.05) is 30.5 Å². The summed E-state index contributed by atoms with van der Waals surface area (Å²) in [5.41, 5.74) is 7.54. The van der Waals surface area contributed by atoms with Crippen LogP contribution in [0, 0.1) is 0 Å². The Hall–Kier alpha value is -2.31. The lowest BCUT2D eigenvalue weighted by atomic mass is 9.92. The topological polar surface area (TPSA) is 29.5 Å². The first-order valence-corrected chi connectivity index (χ1v) is 11.6. The highest BCUT2D eigenvalue weighted by Gasteiger charge is 2.21. The average molecular weight is 502 g/mol. The van der Waals surface area contributed by atoms with E-state index in [9.17, 15) is 13.6 Å². The van der Waals surface area contributed by atoms with Crippen LogP contribution in [0.25, 0.3) is 11.6 Å². The first-order chi connectivity index (χ1) is 15.4. The molecule has 1 aliphatic carbocycles. The van der Waals surface area contributed by atoms with Crippen molar-refractivity contribution in [2.75, 3.05) is 26.7 Å². The minimum absolute atomic E-state index is 0.0609. The fourth-order valence-corrected chi connectivity index (χ4v) is 5.07. The molecule has 0 amide bonds. The second-order valence-corrected chi connectivity index (χ2v) is 9.27. The van der Waals surface area contributed by atoms with E-state index in [4.69, 9.17) is 4.74 Å². The molecule has 0 unspecified atom stereocenters. The molecule has 2 aromatic carbocycles. The largest absolute Gasteiger partial charge is 0.465 e. The number of allylic oxidation sites excluding steroid dienone is 1. The Morgan fingerprint density at radius 1 is 1.16 bits per heavy atom. The van der Waals surface area contributed by atoms with E-state index in [2.05, 4.69) is 46.3 Å². The highest BCUT2D eigenvalue weighted by Crippen LogP contribution is 2.38. The lowest BCUT2D eigenvalue weighted by Crippen LogP contribution is -2.40. The highest BCUT2D eigenvalue weighted by atomic mass is 79.9. The summed E-state index contributed by atoms with van der Waals surface area (Å²) in [6.07, 6.45) is 2.71. The Balaban J connectivity index is 1.53. The lowest BCUT2D eigenvalue weighted by molar-refractivity contribution is 0.0600. The van der Waals surface area contributed by atoms with Crippen molar-refractivity contribution in [3.05, 3.63) is 80.3 Å². The summed E-state index contributed by atoms with van der Waals surface area (Å²) in [6.45, 7) is 1.98. The van der Waals surface area contributed by atoms with Gasteiger partial charge in [-0.2, -0.15) is 0 Å².